The highest BCUT2D eigenvalue weighted by Gasteiger charge is 2.26. The Labute approximate surface area is 197 Å². The SMILES string of the molecule is C=CCN(CC=C)S(=O)(=O)c1ccc(C(=O)N2CCC(COCc3ccccc3)CC2)cc1. The molecule has 0 N–H and O–H groups in total. The second-order valence-electron chi connectivity index (χ2n) is 8.16. The summed E-state index contributed by atoms with van der Waals surface area (Å²) in [4.78, 5) is 14.9. The fourth-order valence-corrected chi connectivity index (χ4v) is 5.26. The van der Waals surface area contributed by atoms with Crippen molar-refractivity contribution >= 4 is 15.9 Å². The third-order valence-corrected chi connectivity index (χ3v) is 7.62. The Bertz CT molecular complexity index is 1020. The van der Waals surface area contributed by atoms with Crippen molar-refractivity contribution in [2.45, 2.75) is 24.3 Å². The topological polar surface area (TPSA) is 66.9 Å². The van der Waals surface area contributed by atoms with E-state index >= 15 is 0 Å². The van der Waals surface area contributed by atoms with E-state index in [0.29, 0.717) is 37.8 Å². The van der Waals surface area contributed by atoms with Crippen LogP contribution in [0, 0.1) is 5.92 Å². The predicted octanol–water partition coefficient (Wildman–Crippen LogP) is 4.12. The number of hydrogen-bond donors (Lipinski definition) is 0. The number of sulfonamides is 1. The van der Waals surface area contributed by atoms with Gasteiger partial charge in [0.2, 0.25) is 10.0 Å². The molecule has 0 radical (unpaired) electrons. The van der Waals surface area contributed by atoms with Crippen molar-refractivity contribution in [3.63, 3.8) is 0 Å². The maximum Gasteiger partial charge on any atom is 0.253 e. The Morgan fingerprint density at radius 2 is 1.61 bits per heavy atom. The van der Waals surface area contributed by atoms with E-state index in [4.69, 9.17) is 4.74 Å². The van der Waals surface area contributed by atoms with Crippen molar-refractivity contribution in [3.8, 4) is 0 Å². The van der Waals surface area contributed by atoms with E-state index in [2.05, 4.69) is 13.2 Å². The van der Waals surface area contributed by atoms with Gasteiger partial charge >= 0.3 is 0 Å². The Kier molecular flexibility index (Phi) is 9.00. The lowest BCUT2D eigenvalue weighted by molar-refractivity contribution is 0.0478. The quantitative estimate of drug-likeness (QED) is 0.466. The van der Waals surface area contributed by atoms with Gasteiger partial charge in [-0.25, -0.2) is 8.42 Å². The molecule has 1 heterocycles. The number of amides is 1. The van der Waals surface area contributed by atoms with Crippen LogP contribution in [0.25, 0.3) is 0 Å². The Hall–Kier alpha value is -2.74. The van der Waals surface area contributed by atoms with Gasteiger partial charge in [0, 0.05) is 38.3 Å². The first-order valence-corrected chi connectivity index (χ1v) is 12.6. The van der Waals surface area contributed by atoms with Crippen LogP contribution in [-0.4, -0.2) is 56.3 Å². The zero-order valence-corrected chi connectivity index (χ0v) is 19.8. The third-order valence-electron chi connectivity index (χ3n) is 5.77. The molecule has 0 saturated carbocycles. The van der Waals surface area contributed by atoms with E-state index in [1.54, 1.807) is 12.1 Å². The summed E-state index contributed by atoms with van der Waals surface area (Å²) in [5, 5.41) is 0. The number of likely N-dealkylation sites (tertiary alicyclic amines) is 1. The molecule has 1 aliphatic heterocycles. The molecule has 1 amide bonds. The number of carbonyl (C=O) groups excluding carboxylic acids is 1. The van der Waals surface area contributed by atoms with E-state index in [1.165, 1.54) is 28.6 Å². The van der Waals surface area contributed by atoms with Gasteiger partial charge in [0.05, 0.1) is 11.5 Å². The molecular weight excluding hydrogens is 436 g/mol. The summed E-state index contributed by atoms with van der Waals surface area (Å²) in [6, 6.07) is 16.3. The van der Waals surface area contributed by atoms with Crippen LogP contribution in [-0.2, 0) is 21.4 Å². The minimum Gasteiger partial charge on any atom is -0.376 e. The molecule has 0 atom stereocenters. The van der Waals surface area contributed by atoms with Crippen LogP contribution < -0.4 is 0 Å². The monoisotopic (exact) mass is 468 g/mol. The normalized spacial score (nSPS) is 14.9. The number of benzene rings is 2. The summed E-state index contributed by atoms with van der Waals surface area (Å²) >= 11 is 0. The van der Waals surface area contributed by atoms with Gasteiger partial charge in [-0.1, -0.05) is 42.5 Å². The Balaban J connectivity index is 1.52. The van der Waals surface area contributed by atoms with Crippen LogP contribution in [0.1, 0.15) is 28.8 Å². The van der Waals surface area contributed by atoms with E-state index in [9.17, 15) is 13.2 Å². The highest BCUT2D eigenvalue weighted by Crippen LogP contribution is 2.22. The molecule has 0 spiro atoms. The molecule has 2 aromatic carbocycles. The van der Waals surface area contributed by atoms with Gasteiger partial charge in [0.25, 0.3) is 5.91 Å². The zero-order valence-electron chi connectivity index (χ0n) is 18.9. The van der Waals surface area contributed by atoms with Crippen molar-refractivity contribution in [2.75, 3.05) is 32.8 Å². The summed E-state index contributed by atoms with van der Waals surface area (Å²) in [6.07, 6.45) is 4.86. The molecule has 33 heavy (non-hydrogen) atoms. The third kappa shape index (κ3) is 6.63. The van der Waals surface area contributed by atoms with E-state index in [0.717, 1.165) is 18.4 Å². The average Bonchev–Trinajstić information content (AvgIpc) is 2.84. The molecule has 0 aliphatic carbocycles. The minimum atomic E-state index is -3.68. The average molecular weight is 469 g/mol. The number of ether oxygens (including phenoxy) is 1. The summed E-state index contributed by atoms with van der Waals surface area (Å²) in [5.74, 6) is 0.364. The minimum absolute atomic E-state index is 0.0726. The number of hydrogen-bond acceptors (Lipinski definition) is 4. The van der Waals surface area contributed by atoms with Crippen LogP contribution in [0.2, 0.25) is 0 Å². The van der Waals surface area contributed by atoms with Crippen molar-refractivity contribution in [1.82, 2.24) is 9.21 Å². The lowest BCUT2D eigenvalue weighted by atomic mass is 9.97. The van der Waals surface area contributed by atoms with Gasteiger partial charge in [0.1, 0.15) is 0 Å². The number of carbonyl (C=O) groups is 1. The molecule has 0 unspecified atom stereocenters. The molecule has 2 aromatic rings. The summed E-state index contributed by atoms with van der Waals surface area (Å²) in [5.41, 5.74) is 1.65. The van der Waals surface area contributed by atoms with Gasteiger partial charge in [-0.05, 0) is 48.6 Å². The first kappa shape index (κ1) is 24.9. The van der Waals surface area contributed by atoms with Crippen LogP contribution in [0.15, 0.2) is 84.8 Å². The summed E-state index contributed by atoms with van der Waals surface area (Å²) in [6.45, 7) is 10.3. The fourth-order valence-electron chi connectivity index (χ4n) is 3.88. The van der Waals surface area contributed by atoms with Gasteiger partial charge in [-0.15, -0.1) is 13.2 Å². The van der Waals surface area contributed by atoms with Crippen LogP contribution in [0.5, 0.6) is 0 Å². The molecular formula is C26H32N2O4S. The maximum atomic E-state index is 12.9. The smallest absolute Gasteiger partial charge is 0.253 e. The standard InChI is InChI=1S/C26H32N2O4S/c1-3-16-28(17-4-2)33(30,31)25-12-10-24(11-13-25)26(29)27-18-14-23(15-19-27)21-32-20-22-8-6-5-7-9-22/h3-13,23H,1-2,14-21H2. The van der Waals surface area contributed by atoms with Gasteiger partial charge in [-0.3, -0.25) is 4.79 Å². The highest BCUT2D eigenvalue weighted by atomic mass is 32.2. The fraction of sp³-hybridized carbons (Fsp3) is 0.346. The van der Waals surface area contributed by atoms with Gasteiger partial charge in [-0.2, -0.15) is 4.31 Å². The first-order chi connectivity index (χ1) is 16.0. The zero-order chi connectivity index (χ0) is 23.7. The molecule has 0 bridgehead atoms. The lowest BCUT2D eigenvalue weighted by Gasteiger charge is -2.32. The lowest BCUT2D eigenvalue weighted by Crippen LogP contribution is -2.39. The highest BCUT2D eigenvalue weighted by molar-refractivity contribution is 7.89. The van der Waals surface area contributed by atoms with Crippen LogP contribution >= 0.6 is 0 Å². The molecule has 7 heteroatoms. The van der Waals surface area contributed by atoms with Crippen molar-refractivity contribution in [2.24, 2.45) is 5.92 Å². The van der Waals surface area contributed by atoms with Gasteiger partial charge < -0.3 is 9.64 Å². The van der Waals surface area contributed by atoms with E-state index in [1.807, 2.05) is 35.2 Å². The molecule has 176 valence electrons. The largest absolute Gasteiger partial charge is 0.376 e. The molecule has 1 saturated heterocycles. The summed E-state index contributed by atoms with van der Waals surface area (Å²) in [7, 11) is -3.68. The maximum absolute atomic E-state index is 12.9. The Morgan fingerprint density at radius 3 is 2.18 bits per heavy atom. The van der Waals surface area contributed by atoms with E-state index in [-0.39, 0.29) is 23.9 Å². The number of nitrogens with zero attached hydrogens (tertiary/aromatic N) is 2. The van der Waals surface area contributed by atoms with Gasteiger partial charge in [0.15, 0.2) is 0 Å². The molecule has 0 aromatic heterocycles. The van der Waals surface area contributed by atoms with Crippen molar-refractivity contribution in [1.29, 1.82) is 0 Å². The van der Waals surface area contributed by atoms with Crippen molar-refractivity contribution < 1.29 is 17.9 Å². The predicted molar refractivity (Wildman–Crippen MR) is 130 cm³/mol. The molecule has 1 aliphatic rings. The Morgan fingerprint density at radius 1 is 1.00 bits per heavy atom. The summed E-state index contributed by atoms with van der Waals surface area (Å²) < 4.78 is 32.8. The van der Waals surface area contributed by atoms with Crippen molar-refractivity contribution in [3.05, 3.63) is 91.0 Å². The second-order valence-corrected chi connectivity index (χ2v) is 10.1. The molecule has 1 fully saturated rings. The molecule has 3 rings (SSSR count). The second kappa shape index (κ2) is 11.9. The molecule has 6 nitrogen and oxygen atoms in total. The van der Waals surface area contributed by atoms with E-state index < -0.39 is 10.0 Å². The van der Waals surface area contributed by atoms with Crippen LogP contribution in [0.4, 0.5) is 0 Å². The number of rotatable bonds is 11. The number of piperidine rings is 1. The van der Waals surface area contributed by atoms with Crippen LogP contribution in [0.3, 0.4) is 0 Å². The first-order valence-electron chi connectivity index (χ1n) is 11.2.